The lowest BCUT2D eigenvalue weighted by Gasteiger charge is -2.45. The van der Waals surface area contributed by atoms with Gasteiger partial charge in [0.25, 0.3) is 0 Å². The molecule has 0 aromatic carbocycles. The summed E-state index contributed by atoms with van der Waals surface area (Å²) < 4.78 is 5.70. The van der Waals surface area contributed by atoms with E-state index < -0.39 is 0 Å². The minimum Gasteiger partial charge on any atom is -0.396 e. The fourth-order valence-electron chi connectivity index (χ4n) is 3.43. The van der Waals surface area contributed by atoms with Crippen LogP contribution in [0.4, 0.5) is 0 Å². The number of aliphatic hydroxyl groups excluding tert-OH is 1. The van der Waals surface area contributed by atoms with Crippen LogP contribution in [0, 0.1) is 5.92 Å². The molecule has 0 aliphatic carbocycles. The number of rotatable bonds is 6. The molecule has 0 spiro atoms. The Balaban J connectivity index is 1.79. The number of hydrogen-bond donors (Lipinski definition) is 3. The Morgan fingerprint density at radius 1 is 1.28 bits per heavy atom. The fraction of sp³-hybridized carbons (Fsp3) is 1.00. The van der Waals surface area contributed by atoms with Crippen molar-refractivity contribution < 1.29 is 9.84 Å². The number of aliphatic hydroxyl groups is 1. The van der Waals surface area contributed by atoms with Crippen LogP contribution in [-0.2, 0) is 4.74 Å². The van der Waals surface area contributed by atoms with Crippen LogP contribution in [0.2, 0.25) is 0 Å². The van der Waals surface area contributed by atoms with E-state index in [0.29, 0.717) is 30.8 Å². The summed E-state index contributed by atoms with van der Waals surface area (Å²) in [6, 6.07) is 0.570. The van der Waals surface area contributed by atoms with E-state index in [2.05, 4.69) is 10.6 Å². The maximum Gasteiger partial charge on any atom is 0.0642 e. The molecule has 2 aliphatic rings. The average molecular weight is 256 g/mol. The first-order valence-corrected chi connectivity index (χ1v) is 7.48. The summed E-state index contributed by atoms with van der Waals surface area (Å²) in [6.07, 6.45) is 9.00. The monoisotopic (exact) mass is 256 g/mol. The highest BCUT2D eigenvalue weighted by Gasteiger charge is 2.38. The van der Waals surface area contributed by atoms with Crippen LogP contribution >= 0.6 is 0 Å². The van der Waals surface area contributed by atoms with Crippen LogP contribution in [0.5, 0.6) is 0 Å². The molecule has 4 unspecified atom stereocenters. The normalized spacial score (nSPS) is 36.3. The maximum absolute atomic E-state index is 8.79. The smallest absolute Gasteiger partial charge is 0.0642 e. The van der Waals surface area contributed by atoms with Gasteiger partial charge in [-0.15, -0.1) is 0 Å². The van der Waals surface area contributed by atoms with E-state index in [9.17, 15) is 0 Å². The highest BCUT2D eigenvalue weighted by atomic mass is 16.5. The molecule has 0 saturated carbocycles. The van der Waals surface area contributed by atoms with E-state index in [-0.39, 0.29) is 0 Å². The molecule has 0 amide bonds. The van der Waals surface area contributed by atoms with Crippen molar-refractivity contribution in [2.24, 2.45) is 5.92 Å². The molecular formula is C14H28N2O2. The number of methoxy groups -OCH3 is 1. The topological polar surface area (TPSA) is 53.5 Å². The van der Waals surface area contributed by atoms with E-state index >= 15 is 0 Å². The van der Waals surface area contributed by atoms with Gasteiger partial charge in [-0.1, -0.05) is 12.8 Å². The molecule has 3 N–H and O–H groups in total. The molecule has 2 heterocycles. The van der Waals surface area contributed by atoms with Gasteiger partial charge in [0.05, 0.1) is 12.3 Å². The maximum atomic E-state index is 8.79. The van der Waals surface area contributed by atoms with Crippen molar-refractivity contribution in [3.8, 4) is 0 Å². The Morgan fingerprint density at radius 2 is 2.17 bits per heavy atom. The summed E-state index contributed by atoms with van der Waals surface area (Å²) in [7, 11) is 1.85. The minimum absolute atomic E-state index is 0.324. The summed E-state index contributed by atoms with van der Waals surface area (Å²) in [4.78, 5) is 0. The molecule has 4 atom stereocenters. The third-order valence-corrected chi connectivity index (χ3v) is 4.43. The molecule has 4 heteroatoms. The highest BCUT2D eigenvalue weighted by molar-refractivity contribution is 4.93. The zero-order valence-corrected chi connectivity index (χ0v) is 11.5. The average Bonchev–Trinajstić information content (AvgIpc) is 2.42. The van der Waals surface area contributed by atoms with Crippen LogP contribution in [0.3, 0.4) is 0 Å². The number of nitrogens with one attached hydrogen (secondary N) is 2. The highest BCUT2D eigenvalue weighted by Crippen LogP contribution is 2.29. The predicted molar refractivity (Wildman–Crippen MR) is 72.4 cm³/mol. The van der Waals surface area contributed by atoms with Gasteiger partial charge in [0, 0.05) is 25.7 Å². The summed E-state index contributed by atoms with van der Waals surface area (Å²) >= 11 is 0. The molecule has 2 saturated heterocycles. The quantitative estimate of drug-likeness (QED) is 0.626. The lowest BCUT2D eigenvalue weighted by molar-refractivity contribution is -0.0255. The van der Waals surface area contributed by atoms with E-state index in [1.165, 1.54) is 25.7 Å². The van der Waals surface area contributed by atoms with Crippen molar-refractivity contribution in [3.05, 3.63) is 0 Å². The molecule has 2 fully saturated rings. The third-order valence-electron chi connectivity index (χ3n) is 4.43. The third kappa shape index (κ3) is 3.67. The zero-order valence-electron chi connectivity index (χ0n) is 11.5. The van der Waals surface area contributed by atoms with Crippen LogP contribution in [0.15, 0.2) is 0 Å². The lowest BCUT2D eigenvalue weighted by Crippen LogP contribution is -2.62. The Labute approximate surface area is 110 Å². The van der Waals surface area contributed by atoms with Crippen molar-refractivity contribution in [2.45, 2.75) is 63.3 Å². The molecule has 4 nitrogen and oxygen atoms in total. The van der Waals surface area contributed by atoms with Gasteiger partial charge in [-0.3, -0.25) is 5.32 Å². The second-order valence-corrected chi connectivity index (χ2v) is 5.68. The molecular weight excluding hydrogens is 228 g/mol. The molecule has 0 radical (unpaired) electrons. The molecule has 106 valence electrons. The van der Waals surface area contributed by atoms with Gasteiger partial charge < -0.3 is 15.2 Å². The second-order valence-electron chi connectivity index (χ2n) is 5.68. The van der Waals surface area contributed by atoms with Crippen molar-refractivity contribution in [2.75, 3.05) is 20.3 Å². The van der Waals surface area contributed by atoms with Gasteiger partial charge in [0.2, 0.25) is 0 Å². The number of fused-ring (bicyclic) bond motifs is 1. The standard InChI is InChI=1S/C14H28N2O2/c1-18-13-10-11(6-3-2-4-9-17)16-14-12(13)7-5-8-15-14/h11-17H,2-10H2,1H3. The van der Waals surface area contributed by atoms with E-state index in [1.807, 2.05) is 7.11 Å². The number of piperidine rings is 2. The summed E-state index contributed by atoms with van der Waals surface area (Å²) in [5.41, 5.74) is 0. The van der Waals surface area contributed by atoms with Crippen molar-refractivity contribution >= 4 is 0 Å². The van der Waals surface area contributed by atoms with Crippen molar-refractivity contribution in [3.63, 3.8) is 0 Å². The minimum atomic E-state index is 0.324. The first-order chi connectivity index (χ1) is 8.85. The van der Waals surface area contributed by atoms with Gasteiger partial charge >= 0.3 is 0 Å². The summed E-state index contributed by atoms with van der Waals surface area (Å²) in [5.74, 6) is 0.637. The van der Waals surface area contributed by atoms with Crippen LogP contribution in [0.25, 0.3) is 0 Å². The molecule has 2 aliphatic heterocycles. The second kappa shape index (κ2) is 7.43. The summed E-state index contributed by atoms with van der Waals surface area (Å²) in [5, 5.41) is 16.1. The first kappa shape index (κ1) is 14.3. The largest absolute Gasteiger partial charge is 0.396 e. The Morgan fingerprint density at radius 3 is 2.94 bits per heavy atom. The fourth-order valence-corrected chi connectivity index (χ4v) is 3.43. The van der Waals surface area contributed by atoms with E-state index in [1.54, 1.807) is 0 Å². The van der Waals surface area contributed by atoms with Gasteiger partial charge in [-0.25, -0.2) is 0 Å². The Hall–Kier alpha value is -0.160. The SMILES string of the molecule is COC1CC(CCCCCO)NC2NCCCC21. The molecule has 0 aromatic rings. The van der Waals surface area contributed by atoms with Gasteiger partial charge in [-0.2, -0.15) is 0 Å². The molecule has 0 bridgehead atoms. The van der Waals surface area contributed by atoms with Crippen molar-refractivity contribution in [1.82, 2.24) is 10.6 Å². The van der Waals surface area contributed by atoms with E-state index in [4.69, 9.17) is 9.84 Å². The summed E-state index contributed by atoms with van der Waals surface area (Å²) in [6.45, 7) is 1.45. The number of hydrogen-bond acceptors (Lipinski definition) is 4. The van der Waals surface area contributed by atoms with Gasteiger partial charge in [0.1, 0.15) is 0 Å². The molecule has 18 heavy (non-hydrogen) atoms. The van der Waals surface area contributed by atoms with Gasteiger partial charge in [-0.05, 0) is 38.6 Å². The number of unbranched alkanes of at least 4 members (excludes halogenated alkanes) is 2. The van der Waals surface area contributed by atoms with Crippen LogP contribution in [0.1, 0.15) is 44.9 Å². The molecule has 0 aromatic heterocycles. The van der Waals surface area contributed by atoms with Crippen LogP contribution in [-0.4, -0.2) is 43.7 Å². The van der Waals surface area contributed by atoms with Crippen molar-refractivity contribution in [1.29, 1.82) is 0 Å². The first-order valence-electron chi connectivity index (χ1n) is 7.48. The number of ether oxygens (including phenoxy) is 1. The van der Waals surface area contributed by atoms with Crippen LogP contribution < -0.4 is 10.6 Å². The Kier molecular flexibility index (Phi) is 5.89. The van der Waals surface area contributed by atoms with E-state index in [0.717, 1.165) is 25.8 Å². The van der Waals surface area contributed by atoms with Gasteiger partial charge in [0.15, 0.2) is 0 Å². The molecule has 2 rings (SSSR count). The Bertz CT molecular complexity index is 230. The lowest BCUT2D eigenvalue weighted by atomic mass is 9.82. The predicted octanol–water partition coefficient (Wildman–Crippen LogP) is 1.24. The zero-order chi connectivity index (χ0) is 12.8.